The van der Waals surface area contributed by atoms with Gasteiger partial charge in [0, 0.05) is 0 Å². The summed E-state index contributed by atoms with van der Waals surface area (Å²) >= 11 is 0. The van der Waals surface area contributed by atoms with Crippen LogP contribution in [-0.2, 0) is 0 Å². The topological polar surface area (TPSA) is 0 Å². The first kappa shape index (κ1) is 11.1. The fourth-order valence-electron chi connectivity index (χ4n) is 5.18. The van der Waals surface area contributed by atoms with E-state index in [1.165, 1.54) is 18.8 Å². The predicted octanol–water partition coefficient (Wildman–Crippen LogP) is 4.74. The summed E-state index contributed by atoms with van der Waals surface area (Å²) < 4.78 is 0. The van der Waals surface area contributed by atoms with Gasteiger partial charge in [0.2, 0.25) is 0 Å². The summed E-state index contributed by atoms with van der Waals surface area (Å²) in [6.07, 6.45) is 9.34. The Bertz CT molecular complexity index is 255. The molecule has 0 aromatic rings. The van der Waals surface area contributed by atoms with Gasteiger partial charge >= 0.3 is 0 Å². The number of rotatable bonds is 3. The quantitative estimate of drug-likeness (QED) is 0.644. The Kier molecular flexibility index (Phi) is 2.80. The van der Waals surface area contributed by atoms with Gasteiger partial charge in [0.05, 0.1) is 0 Å². The summed E-state index contributed by atoms with van der Waals surface area (Å²) in [7, 11) is 0. The van der Waals surface area contributed by atoms with Crippen LogP contribution in [0.5, 0.6) is 0 Å². The van der Waals surface area contributed by atoms with E-state index in [2.05, 4.69) is 20.8 Å². The van der Waals surface area contributed by atoms with Gasteiger partial charge < -0.3 is 0 Å². The van der Waals surface area contributed by atoms with Crippen molar-refractivity contribution in [2.75, 3.05) is 0 Å². The van der Waals surface area contributed by atoms with Gasteiger partial charge in [-0.1, -0.05) is 33.6 Å². The third-order valence-electron chi connectivity index (χ3n) is 6.28. The van der Waals surface area contributed by atoms with Crippen molar-refractivity contribution in [2.24, 2.45) is 41.4 Å². The van der Waals surface area contributed by atoms with Gasteiger partial charge in [0.1, 0.15) is 0 Å². The Morgan fingerprint density at radius 2 is 1.81 bits per heavy atom. The van der Waals surface area contributed by atoms with Gasteiger partial charge in [0.15, 0.2) is 0 Å². The number of hydrogen-bond acceptors (Lipinski definition) is 0. The summed E-state index contributed by atoms with van der Waals surface area (Å²) in [4.78, 5) is 0. The molecule has 0 nitrogen and oxygen atoms in total. The Balaban J connectivity index is 1.52. The van der Waals surface area contributed by atoms with Crippen LogP contribution in [-0.4, -0.2) is 0 Å². The van der Waals surface area contributed by atoms with E-state index in [1.807, 2.05) is 0 Å². The number of hydrogen-bond donors (Lipinski definition) is 0. The first-order valence-electron chi connectivity index (χ1n) is 7.66. The van der Waals surface area contributed by atoms with Crippen LogP contribution in [0, 0.1) is 41.4 Å². The second-order valence-corrected chi connectivity index (χ2v) is 7.37. The Hall–Kier alpha value is 0. The van der Waals surface area contributed by atoms with Gasteiger partial charge in [-0.05, 0) is 67.1 Å². The molecule has 0 aromatic heterocycles. The molecule has 0 aliphatic heterocycles. The summed E-state index contributed by atoms with van der Waals surface area (Å²) in [5.41, 5.74) is 0. The monoisotopic (exact) mass is 220 g/mol. The highest BCUT2D eigenvalue weighted by Crippen LogP contribution is 2.60. The van der Waals surface area contributed by atoms with Crippen molar-refractivity contribution in [1.82, 2.24) is 0 Å². The van der Waals surface area contributed by atoms with E-state index in [9.17, 15) is 0 Å². The van der Waals surface area contributed by atoms with Crippen molar-refractivity contribution >= 4 is 0 Å². The van der Waals surface area contributed by atoms with Crippen molar-refractivity contribution in [3.05, 3.63) is 0 Å². The lowest BCUT2D eigenvalue weighted by Crippen LogP contribution is -2.50. The lowest BCUT2D eigenvalue weighted by Gasteiger charge is -2.58. The molecule has 0 spiro atoms. The Morgan fingerprint density at radius 1 is 1.00 bits per heavy atom. The third-order valence-corrected chi connectivity index (χ3v) is 6.28. The molecule has 16 heavy (non-hydrogen) atoms. The van der Waals surface area contributed by atoms with E-state index in [0.29, 0.717) is 0 Å². The van der Waals surface area contributed by atoms with Crippen molar-refractivity contribution in [1.29, 1.82) is 0 Å². The van der Waals surface area contributed by atoms with Crippen LogP contribution in [0.25, 0.3) is 0 Å². The second kappa shape index (κ2) is 4.03. The molecule has 3 unspecified atom stereocenters. The summed E-state index contributed by atoms with van der Waals surface area (Å²) in [5.74, 6) is 7.64. The van der Waals surface area contributed by atoms with Crippen LogP contribution in [0.3, 0.4) is 0 Å². The lowest BCUT2D eigenvalue weighted by atomic mass is 9.47. The normalized spacial score (nSPS) is 51.0. The van der Waals surface area contributed by atoms with Crippen LogP contribution in [0.2, 0.25) is 0 Å². The van der Waals surface area contributed by atoms with Gasteiger partial charge in [0.25, 0.3) is 0 Å². The van der Waals surface area contributed by atoms with Gasteiger partial charge in [-0.2, -0.15) is 0 Å². The molecule has 0 N–H and O–H groups in total. The molecule has 92 valence electrons. The first-order valence-corrected chi connectivity index (χ1v) is 7.66. The fourth-order valence-corrected chi connectivity index (χ4v) is 5.18. The minimum Gasteiger partial charge on any atom is -0.0625 e. The molecule has 0 amide bonds. The van der Waals surface area contributed by atoms with Crippen LogP contribution in [0.4, 0.5) is 0 Å². The second-order valence-electron chi connectivity index (χ2n) is 7.37. The van der Waals surface area contributed by atoms with Crippen LogP contribution < -0.4 is 0 Å². The van der Waals surface area contributed by atoms with Gasteiger partial charge in [-0.25, -0.2) is 0 Å². The zero-order chi connectivity index (χ0) is 11.3. The maximum Gasteiger partial charge on any atom is -0.0352 e. The van der Waals surface area contributed by atoms with E-state index in [4.69, 9.17) is 0 Å². The van der Waals surface area contributed by atoms with Crippen molar-refractivity contribution < 1.29 is 0 Å². The minimum absolute atomic E-state index is 0.934. The van der Waals surface area contributed by atoms with E-state index in [-0.39, 0.29) is 0 Å². The Labute approximate surface area is 101 Å². The van der Waals surface area contributed by atoms with Crippen molar-refractivity contribution in [3.8, 4) is 0 Å². The maximum absolute atomic E-state index is 2.46. The molecule has 0 saturated heterocycles. The molecule has 0 aromatic carbocycles. The van der Waals surface area contributed by atoms with Crippen LogP contribution in [0.15, 0.2) is 0 Å². The molecule has 0 heteroatoms. The zero-order valence-corrected chi connectivity index (χ0v) is 11.3. The molecule has 3 aliphatic carbocycles. The minimum atomic E-state index is 0.934. The smallest absolute Gasteiger partial charge is 0.0352 e. The van der Waals surface area contributed by atoms with E-state index in [1.54, 1.807) is 25.7 Å². The lowest BCUT2D eigenvalue weighted by molar-refractivity contribution is -0.0904. The molecule has 3 saturated carbocycles. The average molecular weight is 220 g/mol. The maximum atomic E-state index is 2.46. The number of fused-ring (bicyclic) bond motifs is 1. The summed E-state index contributed by atoms with van der Waals surface area (Å²) in [5, 5.41) is 0. The molecule has 6 atom stereocenters. The molecule has 0 radical (unpaired) electrons. The van der Waals surface area contributed by atoms with Gasteiger partial charge in [-0.3, -0.25) is 0 Å². The molecule has 3 fully saturated rings. The van der Waals surface area contributed by atoms with Crippen LogP contribution >= 0.6 is 0 Å². The summed E-state index contributed by atoms with van der Waals surface area (Å²) in [6.45, 7) is 7.35. The standard InChI is InChI=1S/C16H28/c1-10(2)14-6-4-5-12(14)8-13-9-15-11(3)7-16(13)15/h10-16H,4-9H2,1-3H3/t11-,12?,13?,14?,15-,16-/m0/s1. The highest BCUT2D eigenvalue weighted by molar-refractivity contribution is 5.01. The largest absolute Gasteiger partial charge is 0.0625 e. The van der Waals surface area contributed by atoms with E-state index < -0.39 is 0 Å². The average Bonchev–Trinajstić information content (AvgIpc) is 2.68. The SMILES string of the molecule is CC(C)C1CCCC1CC1C[C@H]2[C@@H](C)C[C@@H]12. The third kappa shape index (κ3) is 1.64. The molecule has 0 bridgehead atoms. The zero-order valence-electron chi connectivity index (χ0n) is 11.3. The van der Waals surface area contributed by atoms with E-state index in [0.717, 1.165) is 35.5 Å². The summed E-state index contributed by atoms with van der Waals surface area (Å²) in [6, 6.07) is 0. The van der Waals surface area contributed by atoms with E-state index >= 15 is 0 Å². The molecule has 0 heterocycles. The molecular formula is C16H28. The Morgan fingerprint density at radius 3 is 2.38 bits per heavy atom. The first-order chi connectivity index (χ1) is 7.66. The molecular weight excluding hydrogens is 192 g/mol. The van der Waals surface area contributed by atoms with Crippen molar-refractivity contribution in [2.45, 2.75) is 59.3 Å². The molecule has 3 rings (SSSR count). The van der Waals surface area contributed by atoms with Crippen molar-refractivity contribution in [3.63, 3.8) is 0 Å². The molecule has 3 aliphatic rings. The highest BCUT2D eigenvalue weighted by Gasteiger charge is 2.52. The van der Waals surface area contributed by atoms with Crippen LogP contribution in [0.1, 0.15) is 59.3 Å². The van der Waals surface area contributed by atoms with Gasteiger partial charge in [-0.15, -0.1) is 0 Å². The predicted molar refractivity (Wildman–Crippen MR) is 69.2 cm³/mol. The highest BCUT2D eigenvalue weighted by atomic mass is 14.6. The fraction of sp³-hybridized carbons (Fsp3) is 1.00.